The molecule has 0 heterocycles. The zero-order valence-electron chi connectivity index (χ0n) is 17.5. The van der Waals surface area contributed by atoms with Crippen molar-refractivity contribution in [3.8, 4) is 16.9 Å². The van der Waals surface area contributed by atoms with Crippen LogP contribution in [-0.4, -0.2) is 5.97 Å². The summed E-state index contributed by atoms with van der Waals surface area (Å²) in [5, 5.41) is 0. The average molecular weight is 426 g/mol. The second-order valence-corrected chi connectivity index (χ2v) is 7.42. The maximum atomic E-state index is 13.8. The standard InChI is InChI=1S/C28H23FO3/c29-25-13-16-27(23-9-5-2-6-10-23)24(17-25)18-28(30)32-20-22-11-14-26(15-12-22)31-19-21-7-3-1-4-8-21/h1-17H,18-20H2. The summed E-state index contributed by atoms with van der Waals surface area (Å²) in [7, 11) is 0. The lowest BCUT2D eigenvalue weighted by molar-refractivity contribution is -0.144. The van der Waals surface area contributed by atoms with Crippen LogP contribution in [0.15, 0.2) is 103 Å². The zero-order valence-corrected chi connectivity index (χ0v) is 17.5. The van der Waals surface area contributed by atoms with Gasteiger partial charge in [-0.25, -0.2) is 4.39 Å². The quantitative estimate of drug-likeness (QED) is 0.308. The lowest BCUT2D eigenvalue weighted by Crippen LogP contribution is -2.09. The molecule has 0 bridgehead atoms. The number of ether oxygens (including phenoxy) is 2. The minimum atomic E-state index is -0.405. The molecule has 0 aliphatic heterocycles. The molecule has 0 radical (unpaired) electrons. The normalized spacial score (nSPS) is 10.5. The Kier molecular flexibility index (Phi) is 6.93. The van der Waals surface area contributed by atoms with Crippen LogP contribution in [0.2, 0.25) is 0 Å². The number of hydrogen-bond acceptors (Lipinski definition) is 3. The summed E-state index contributed by atoms with van der Waals surface area (Å²) in [6, 6.07) is 31.5. The van der Waals surface area contributed by atoms with Gasteiger partial charge in [-0.15, -0.1) is 0 Å². The number of halogens is 1. The minimum Gasteiger partial charge on any atom is -0.489 e. The number of carbonyl (C=O) groups is 1. The summed E-state index contributed by atoms with van der Waals surface area (Å²) in [6.45, 7) is 0.639. The Morgan fingerprint density at radius 3 is 2.09 bits per heavy atom. The van der Waals surface area contributed by atoms with E-state index in [1.807, 2.05) is 84.9 Å². The topological polar surface area (TPSA) is 35.5 Å². The van der Waals surface area contributed by atoms with Crippen LogP contribution in [0.1, 0.15) is 16.7 Å². The highest BCUT2D eigenvalue weighted by Crippen LogP contribution is 2.25. The van der Waals surface area contributed by atoms with Crippen molar-refractivity contribution in [2.75, 3.05) is 0 Å². The molecule has 0 saturated carbocycles. The summed E-state index contributed by atoms with van der Waals surface area (Å²) in [5.41, 5.74) is 4.31. The number of rotatable bonds is 8. The molecule has 4 heteroatoms. The van der Waals surface area contributed by atoms with E-state index in [0.717, 1.165) is 28.0 Å². The van der Waals surface area contributed by atoms with Crippen LogP contribution in [0.25, 0.3) is 11.1 Å². The lowest BCUT2D eigenvalue weighted by atomic mass is 9.97. The van der Waals surface area contributed by atoms with Crippen LogP contribution >= 0.6 is 0 Å². The Labute approximate surface area is 187 Å². The first-order chi connectivity index (χ1) is 15.7. The first-order valence-corrected chi connectivity index (χ1v) is 10.4. The van der Waals surface area contributed by atoms with Crippen LogP contribution in [-0.2, 0) is 29.2 Å². The maximum absolute atomic E-state index is 13.8. The molecular formula is C28H23FO3. The van der Waals surface area contributed by atoms with Gasteiger partial charge in [0, 0.05) is 0 Å². The summed E-state index contributed by atoms with van der Waals surface area (Å²) < 4.78 is 25.0. The Hall–Kier alpha value is -3.92. The number of carbonyl (C=O) groups excluding carboxylic acids is 1. The molecule has 0 unspecified atom stereocenters. The second kappa shape index (κ2) is 10.4. The van der Waals surface area contributed by atoms with Crippen molar-refractivity contribution < 1.29 is 18.7 Å². The summed E-state index contributed by atoms with van der Waals surface area (Å²) in [6.07, 6.45) is 0.000256. The summed E-state index contributed by atoms with van der Waals surface area (Å²) >= 11 is 0. The van der Waals surface area contributed by atoms with E-state index in [4.69, 9.17) is 9.47 Å². The van der Waals surface area contributed by atoms with E-state index in [0.29, 0.717) is 12.2 Å². The van der Waals surface area contributed by atoms with Crippen LogP contribution in [0.5, 0.6) is 5.75 Å². The third kappa shape index (κ3) is 5.82. The van der Waals surface area contributed by atoms with Crippen LogP contribution in [0, 0.1) is 5.82 Å². The molecule has 0 aromatic heterocycles. The molecule has 0 aliphatic rings. The van der Waals surface area contributed by atoms with Gasteiger partial charge in [0.2, 0.25) is 0 Å². The molecule has 0 fully saturated rings. The Morgan fingerprint density at radius 1 is 0.719 bits per heavy atom. The number of esters is 1. The number of benzene rings is 4. The molecule has 0 spiro atoms. The molecule has 4 aromatic rings. The van der Waals surface area contributed by atoms with Crippen molar-refractivity contribution in [1.82, 2.24) is 0 Å². The SMILES string of the molecule is O=C(Cc1cc(F)ccc1-c1ccccc1)OCc1ccc(OCc2ccccc2)cc1. The summed E-state index contributed by atoms with van der Waals surface area (Å²) in [5.74, 6) is -0.0352. The third-order valence-electron chi connectivity index (χ3n) is 5.06. The molecule has 3 nitrogen and oxygen atoms in total. The van der Waals surface area contributed by atoms with Crippen molar-refractivity contribution >= 4 is 5.97 Å². The average Bonchev–Trinajstić information content (AvgIpc) is 2.83. The maximum Gasteiger partial charge on any atom is 0.310 e. The van der Waals surface area contributed by atoms with Crippen LogP contribution in [0.4, 0.5) is 4.39 Å². The van der Waals surface area contributed by atoms with Gasteiger partial charge in [-0.05, 0) is 52.1 Å². The van der Waals surface area contributed by atoms with E-state index in [9.17, 15) is 9.18 Å². The van der Waals surface area contributed by atoms with E-state index in [-0.39, 0.29) is 18.8 Å². The van der Waals surface area contributed by atoms with Gasteiger partial charge in [-0.3, -0.25) is 4.79 Å². The monoisotopic (exact) mass is 426 g/mol. The summed E-state index contributed by atoms with van der Waals surface area (Å²) in [4.78, 5) is 12.4. The van der Waals surface area contributed by atoms with E-state index in [2.05, 4.69) is 0 Å². The first-order valence-electron chi connectivity index (χ1n) is 10.4. The fourth-order valence-electron chi connectivity index (χ4n) is 3.40. The Morgan fingerprint density at radius 2 is 1.38 bits per heavy atom. The predicted molar refractivity (Wildman–Crippen MR) is 123 cm³/mol. The van der Waals surface area contributed by atoms with Gasteiger partial charge >= 0.3 is 5.97 Å². The Balaban J connectivity index is 1.33. The van der Waals surface area contributed by atoms with Crippen molar-refractivity contribution in [3.63, 3.8) is 0 Å². The van der Waals surface area contributed by atoms with Gasteiger partial charge in [0.1, 0.15) is 24.8 Å². The largest absolute Gasteiger partial charge is 0.489 e. The Bertz CT molecular complexity index is 1160. The van der Waals surface area contributed by atoms with Crippen molar-refractivity contribution in [2.45, 2.75) is 19.6 Å². The van der Waals surface area contributed by atoms with Gasteiger partial charge in [-0.1, -0.05) is 78.9 Å². The fourth-order valence-corrected chi connectivity index (χ4v) is 3.40. The molecular weight excluding hydrogens is 403 g/mol. The molecule has 0 aliphatic carbocycles. The van der Waals surface area contributed by atoms with E-state index in [1.165, 1.54) is 12.1 Å². The van der Waals surface area contributed by atoms with Crippen LogP contribution < -0.4 is 4.74 Å². The molecule has 4 rings (SSSR count). The highest BCUT2D eigenvalue weighted by molar-refractivity contribution is 5.78. The van der Waals surface area contributed by atoms with Crippen molar-refractivity contribution in [2.24, 2.45) is 0 Å². The molecule has 0 N–H and O–H groups in total. The van der Waals surface area contributed by atoms with E-state index < -0.39 is 5.97 Å². The van der Waals surface area contributed by atoms with Gasteiger partial charge < -0.3 is 9.47 Å². The van der Waals surface area contributed by atoms with Gasteiger partial charge in [0.25, 0.3) is 0 Å². The fraction of sp³-hybridized carbons (Fsp3) is 0.107. The highest BCUT2D eigenvalue weighted by atomic mass is 19.1. The van der Waals surface area contributed by atoms with Crippen LogP contribution in [0.3, 0.4) is 0 Å². The molecule has 0 atom stereocenters. The number of hydrogen-bond donors (Lipinski definition) is 0. The van der Waals surface area contributed by atoms with Crippen molar-refractivity contribution in [3.05, 3.63) is 126 Å². The highest BCUT2D eigenvalue weighted by Gasteiger charge is 2.12. The zero-order chi connectivity index (χ0) is 22.2. The van der Waals surface area contributed by atoms with E-state index in [1.54, 1.807) is 6.07 Å². The molecule has 160 valence electrons. The minimum absolute atomic E-state index is 0.000256. The predicted octanol–water partition coefficient (Wildman–Crippen LogP) is 6.36. The molecule has 4 aromatic carbocycles. The molecule has 32 heavy (non-hydrogen) atoms. The smallest absolute Gasteiger partial charge is 0.310 e. The molecule has 0 saturated heterocycles. The van der Waals surface area contributed by atoms with Gasteiger partial charge in [0.15, 0.2) is 0 Å². The molecule has 0 amide bonds. The van der Waals surface area contributed by atoms with Gasteiger partial charge in [0.05, 0.1) is 6.42 Å². The second-order valence-electron chi connectivity index (χ2n) is 7.42. The van der Waals surface area contributed by atoms with Gasteiger partial charge in [-0.2, -0.15) is 0 Å². The third-order valence-corrected chi connectivity index (χ3v) is 5.06. The van der Waals surface area contributed by atoms with Crippen molar-refractivity contribution in [1.29, 1.82) is 0 Å². The lowest BCUT2D eigenvalue weighted by Gasteiger charge is -2.11. The first kappa shape index (κ1) is 21.3. The van der Waals surface area contributed by atoms with E-state index >= 15 is 0 Å².